The molecule has 0 spiro atoms. The second-order valence-corrected chi connectivity index (χ2v) is 10.3. The van der Waals surface area contributed by atoms with Gasteiger partial charge in [-0.3, -0.25) is 4.79 Å². The molecule has 0 aliphatic carbocycles. The molecule has 0 unspecified atom stereocenters. The van der Waals surface area contributed by atoms with Crippen LogP contribution in [-0.2, 0) is 44.2 Å². The van der Waals surface area contributed by atoms with Crippen LogP contribution in [0.3, 0.4) is 0 Å². The summed E-state index contributed by atoms with van der Waals surface area (Å²) < 4.78 is 18.4. The van der Waals surface area contributed by atoms with Crippen LogP contribution in [0.4, 0.5) is 4.79 Å². The second kappa shape index (κ2) is 12.1. The van der Waals surface area contributed by atoms with E-state index in [1.165, 1.54) is 4.90 Å². The number of aliphatic hydroxyl groups is 1. The monoisotopic (exact) mass is 580 g/mol. The minimum absolute atomic E-state index is 0.0475. The number of hydrogen-bond donors (Lipinski definition) is 3. The number of phenols is 1. The number of nitrogens with zero attached hydrogens (tertiary/aromatic N) is 3. The number of phenolic OH excluding ortho intramolecular Hbond substituents is 1. The van der Waals surface area contributed by atoms with Crippen molar-refractivity contribution in [2.24, 2.45) is 0 Å². The normalized spacial score (nSPS) is 17.0. The molecule has 0 bridgehead atoms. The van der Waals surface area contributed by atoms with Crippen LogP contribution in [0.2, 0.25) is 0 Å². The van der Waals surface area contributed by atoms with Crippen molar-refractivity contribution < 1.29 is 34.0 Å². The van der Waals surface area contributed by atoms with Crippen molar-refractivity contribution in [1.29, 1.82) is 0 Å². The van der Waals surface area contributed by atoms with Crippen molar-refractivity contribution in [2.75, 3.05) is 46.5 Å². The van der Waals surface area contributed by atoms with Crippen LogP contribution in [0.1, 0.15) is 42.5 Å². The summed E-state index contributed by atoms with van der Waals surface area (Å²) in [6.07, 6.45) is -0.0375. The fraction of sp³-hybridized carbons (Fsp3) is 0.467. The first-order valence-electron chi connectivity index (χ1n) is 14.2. The quantitative estimate of drug-likeness (QED) is 0.177. The topological polar surface area (TPSA) is 152 Å². The summed E-state index contributed by atoms with van der Waals surface area (Å²) in [5.41, 5.74) is 2.09. The molecule has 2 aliphatic rings. The number of fused-ring (bicyclic) bond motifs is 5. The molecule has 12 heteroatoms. The number of rotatable bonds is 11. The van der Waals surface area contributed by atoms with Gasteiger partial charge in [0, 0.05) is 36.1 Å². The summed E-state index contributed by atoms with van der Waals surface area (Å²) in [4.78, 5) is 47.1. The largest absolute Gasteiger partial charge is 0.508 e. The summed E-state index contributed by atoms with van der Waals surface area (Å²) >= 11 is 0. The third kappa shape index (κ3) is 4.99. The van der Waals surface area contributed by atoms with Crippen molar-refractivity contribution >= 4 is 23.0 Å². The van der Waals surface area contributed by atoms with E-state index in [9.17, 15) is 19.5 Å². The number of likely N-dealkylation sites (N-methyl/N-ethyl adjacent to an activating group) is 1. The van der Waals surface area contributed by atoms with Crippen molar-refractivity contribution in [3.05, 3.63) is 56.9 Å². The minimum atomic E-state index is -1.83. The molecule has 1 atom stereocenters. The van der Waals surface area contributed by atoms with E-state index >= 15 is 0 Å². The van der Waals surface area contributed by atoms with Gasteiger partial charge in [0.15, 0.2) is 0 Å². The Morgan fingerprint density at radius 2 is 2.00 bits per heavy atom. The fourth-order valence-electron chi connectivity index (χ4n) is 5.81. The van der Waals surface area contributed by atoms with Crippen LogP contribution < -0.4 is 10.9 Å². The molecule has 0 saturated carbocycles. The molecule has 5 rings (SSSR count). The second-order valence-electron chi connectivity index (χ2n) is 10.3. The smallest absolute Gasteiger partial charge is 0.411 e. The Hall–Kier alpha value is -4.00. The highest BCUT2D eigenvalue weighted by Gasteiger charge is 2.51. The van der Waals surface area contributed by atoms with Gasteiger partial charge in [-0.25, -0.2) is 14.6 Å². The van der Waals surface area contributed by atoms with Crippen molar-refractivity contribution in [3.8, 4) is 17.1 Å². The number of cyclic esters (lactones) is 1. The number of carbonyl (C=O) groups excluding carboxylic acids is 2. The molecule has 3 N–H and O–H groups in total. The number of aryl methyl sites for hydroxylation is 1. The average molecular weight is 581 g/mol. The molecule has 3 aromatic rings. The third-order valence-corrected chi connectivity index (χ3v) is 8.00. The Bertz CT molecular complexity index is 1590. The highest BCUT2D eigenvalue weighted by molar-refractivity contribution is 5.90. The molecular weight excluding hydrogens is 544 g/mol. The zero-order valence-corrected chi connectivity index (χ0v) is 24.1. The minimum Gasteiger partial charge on any atom is -0.508 e. The summed E-state index contributed by atoms with van der Waals surface area (Å²) in [6.45, 7) is 4.87. The zero-order chi connectivity index (χ0) is 30.0. The maximum absolute atomic E-state index is 13.9. The Morgan fingerprint density at radius 1 is 1.19 bits per heavy atom. The standard InChI is InChI=1S/C30H36N4O8/c1-4-19-20-14-18(36)6-7-24(20)32-26-21(19)16-34-25(26)15-23-22(27(34)37)17-41-28(38)30(23,5-2)42-29(39)33(9-8-31-3)10-12-40-13-11-35/h6-7,14-15,31,35-36H,4-5,8-13,16-17H2,1-3H3/t30-/m0/s1. The van der Waals surface area contributed by atoms with Crippen molar-refractivity contribution in [3.63, 3.8) is 0 Å². The van der Waals surface area contributed by atoms with E-state index in [-0.39, 0.29) is 69.4 Å². The van der Waals surface area contributed by atoms with Gasteiger partial charge in [0.05, 0.1) is 48.8 Å². The number of aliphatic hydroxyl groups excluding tert-OH is 1. The van der Waals surface area contributed by atoms with Crippen molar-refractivity contribution in [2.45, 2.75) is 45.4 Å². The van der Waals surface area contributed by atoms with Gasteiger partial charge < -0.3 is 39.2 Å². The van der Waals surface area contributed by atoms with Gasteiger partial charge in [0.2, 0.25) is 5.60 Å². The Balaban J connectivity index is 1.59. The van der Waals surface area contributed by atoms with Gasteiger partial charge in [0.25, 0.3) is 5.56 Å². The van der Waals surface area contributed by atoms with Gasteiger partial charge in [0.1, 0.15) is 12.4 Å². The Kier molecular flexibility index (Phi) is 8.48. The van der Waals surface area contributed by atoms with Crippen LogP contribution in [0.15, 0.2) is 29.1 Å². The SMILES string of the molecule is CCc1c2c(nc3ccc(O)cc13)-c1cc3c(c(=O)n1C2)COC(=O)[C@@]3(CC)OC(=O)N(CCNC)CCOCCO. The number of benzene rings is 1. The van der Waals surface area contributed by atoms with Gasteiger partial charge in [-0.05, 0) is 49.7 Å². The van der Waals surface area contributed by atoms with Crippen LogP contribution in [-0.4, -0.2) is 83.2 Å². The van der Waals surface area contributed by atoms with Crippen LogP contribution >= 0.6 is 0 Å². The molecule has 4 heterocycles. The highest BCUT2D eigenvalue weighted by Crippen LogP contribution is 2.42. The maximum atomic E-state index is 13.9. The Morgan fingerprint density at radius 3 is 2.71 bits per heavy atom. The summed E-state index contributed by atoms with van der Waals surface area (Å²) in [5.74, 6) is -0.606. The van der Waals surface area contributed by atoms with Crippen molar-refractivity contribution in [1.82, 2.24) is 19.8 Å². The number of aromatic hydroxyl groups is 1. The number of esters is 1. The number of carbonyl (C=O) groups is 2. The van der Waals surface area contributed by atoms with Gasteiger partial charge >= 0.3 is 12.1 Å². The number of ether oxygens (including phenoxy) is 3. The summed E-state index contributed by atoms with van der Waals surface area (Å²) in [5, 5.41) is 22.9. The molecule has 2 aromatic heterocycles. The first kappa shape index (κ1) is 29.5. The summed E-state index contributed by atoms with van der Waals surface area (Å²) in [6, 6.07) is 6.73. The lowest BCUT2D eigenvalue weighted by atomic mass is 9.85. The fourth-order valence-corrected chi connectivity index (χ4v) is 5.81. The molecule has 0 radical (unpaired) electrons. The lowest BCUT2D eigenvalue weighted by Gasteiger charge is -2.37. The molecule has 42 heavy (non-hydrogen) atoms. The van der Waals surface area contributed by atoms with Crippen LogP contribution in [0.25, 0.3) is 22.3 Å². The van der Waals surface area contributed by atoms with E-state index < -0.39 is 17.7 Å². The average Bonchev–Trinajstić information content (AvgIpc) is 3.35. The zero-order valence-electron chi connectivity index (χ0n) is 24.1. The number of hydrogen-bond acceptors (Lipinski definition) is 10. The number of nitrogens with one attached hydrogen (secondary N) is 1. The van der Waals surface area contributed by atoms with E-state index in [4.69, 9.17) is 24.3 Å². The van der Waals surface area contributed by atoms with E-state index in [1.54, 1.807) is 42.8 Å². The lowest BCUT2D eigenvalue weighted by molar-refractivity contribution is -0.173. The maximum Gasteiger partial charge on any atom is 0.411 e. The molecule has 1 amide bonds. The number of amides is 1. The molecule has 0 fully saturated rings. The van der Waals surface area contributed by atoms with Crippen LogP contribution in [0, 0.1) is 0 Å². The van der Waals surface area contributed by atoms with Crippen LogP contribution in [0.5, 0.6) is 5.75 Å². The number of pyridine rings is 2. The molecular formula is C30H36N4O8. The Labute approximate surface area is 242 Å². The highest BCUT2D eigenvalue weighted by atomic mass is 16.6. The summed E-state index contributed by atoms with van der Waals surface area (Å²) in [7, 11) is 1.75. The van der Waals surface area contributed by atoms with E-state index in [1.807, 2.05) is 6.92 Å². The predicted molar refractivity (Wildman–Crippen MR) is 153 cm³/mol. The lowest BCUT2D eigenvalue weighted by Crippen LogP contribution is -2.50. The van der Waals surface area contributed by atoms with E-state index in [2.05, 4.69) is 5.32 Å². The first-order valence-corrected chi connectivity index (χ1v) is 14.2. The van der Waals surface area contributed by atoms with Gasteiger partial charge in [-0.15, -0.1) is 0 Å². The molecule has 224 valence electrons. The molecule has 0 saturated heterocycles. The van der Waals surface area contributed by atoms with Gasteiger partial charge in [-0.1, -0.05) is 13.8 Å². The van der Waals surface area contributed by atoms with E-state index in [0.717, 1.165) is 16.5 Å². The predicted octanol–water partition coefficient (Wildman–Crippen LogP) is 2.02. The molecule has 12 nitrogen and oxygen atoms in total. The van der Waals surface area contributed by atoms with E-state index in [0.29, 0.717) is 35.4 Å². The molecule has 2 aliphatic heterocycles. The number of aromatic nitrogens is 2. The van der Waals surface area contributed by atoms with Gasteiger partial charge in [-0.2, -0.15) is 0 Å². The first-order chi connectivity index (χ1) is 20.3. The molecule has 1 aromatic carbocycles. The third-order valence-electron chi connectivity index (χ3n) is 8.00.